The number of halogens is 2. The van der Waals surface area contributed by atoms with E-state index >= 15 is 0 Å². The molecular weight excluding hydrogens is 371 g/mol. The molecule has 0 saturated heterocycles. The summed E-state index contributed by atoms with van der Waals surface area (Å²) in [5.41, 5.74) is 2.21. The Morgan fingerprint density at radius 1 is 1.08 bits per heavy atom. The highest BCUT2D eigenvalue weighted by atomic mass is 35.5. The third-order valence-corrected chi connectivity index (χ3v) is 3.27. The van der Waals surface area contributed by atoms with E-state index in [2.05, 4.69) is 10.4 Å². The Kier molecular flexibility index (Phi) is 6.04. The Bertz CT molecular complexity index is 850. The summed E-state index contributed by atoms with van der Waals surface area (Å²) in [6.45, 7) is 0. The monoisotopic (exact) mass is 380 g/mol. The molecule has 2 aromatic rings. The van der Waals surface area contributed by atoms with Crippen LogP contribution in [0, 0.1) is 10.1 Å². The molecule has 128 valence electrons. The zero-order valence-corrected chi connectivity index (χ0v) is 13.9. The summed E-state index contributed by atoms with van der Waals surface area (Å²) in [6.07, 6.45) is 1.07. The number of hydrogen-bond acceptors (Lipinski definition) is 5. The van der Waals surface area contributed by atoms with E-state index in [1.165, 1.54) is 36.4 Å². The smallest absolute Gasteiger partial charge is 0.318 e. The summed E-state index contributed by atoms with van der Waals surface area (Å²) in [5.74, 6) is -2.07. The van der Waals surface area contributed by atoms with Crippen molar-refractivity contribution in [2.24, 2.45) is 5.10 Å². The quantitative estimate of drug-likeness (QED) is 0.367. The molecule has 0 aliphatic carbocycles. The van der Waals surface area contributed by atoms with Crippen molar-refractivity contribution in [2.45, 2.75) is 0 Å². The van der Waals surface area contributed by atoms with E-state index in [4.69, 9.17) is 23.2 Å². The normalized spacial score (nSPS) is 10.5. The van der Waals surface area contributed by atoms with Crippen LogP contribution < -0.4 is 10.7 Å². The predicted octanol–water partition coefficient (Wildman–Crippen LogP) is 2.99. The van der Waals surface area contributed by atoms with Gasteiger partial charge in [0.05, 0.1) is 16.7 Å². The molecule has 2 amide bonds. The molecule has 0 aliphatic rings. The average molecular weight is 381 g/mol. The fourth-order valence-electron chi connectivity index (χ4n) is 1.79. The number of nitrogens with one attached hydrogen (secondary N) is 2. The molecule has 0 unspecified atom stereocenters. The average Bonchev–Trinajstić information content (AvgIpc) is 2.54. The van der Waals surface area contributed by atoms with Gasteiger partial charge in [-0.25, -0.2) is 5.43 Å². The molecule has 8 nitrogen and oxygen atoms in total. The van der Waals surface area contributed by atoms with Crippen LogP contribution in [0.3, 0.4) is 0 Å². The first-order valence-electron chi connectivity index (χ1n) is 6.70. The summed E-state index contributed by atoms with van der Waals surface area (Å²) in [7, 11) is 0. The van der Waals surface area contributed by atoms with E-state index in [1.54, 1.807) is 6.07 Å². The largest absolute Gasteiger partial charge is 0.329 e. The van der Waals surface area contributed by atoms with Crippen molar-refractivity contribution in [3.8, 4) is 0 Å². The fraction of sp³-hybridized carbons (Fsp3) is 0. The van der Waals surface area contributed by atoms with Gasteiger partial charge in [0.2, 0.25) is 0 Å². The lowest BCUT2D eigenvalue weighted by Crippen LogP contribution is -2.32. The summed E-state index contributed by atoms with van der Waals surface area (Å²) in [6, 6.07) is 10.1. The van der Waals surface area contributed by atoms with Crippen LogP contribution >= 0.6 is 23.2 Å². The lowest BCUT2D eigenvalue weighted by molar-refractivity contribution is -0.385. The zero-order valence-electron chi connectivity index (χ0n) is 12.4. The number of hydrogen-bond donors (Lipinski definition) is 2. The van der Waals surface area contributed by atoms with Gasteiger partial charge in [0.15, 0.2) is 0 Å². The van der Waals surface area contributed by atoms with E-state index in [0.717, 1.165) is 6.21 Å². The highest BCUT2D eigenvalue weighted by molar-refractivity contribution is 6.40. The first-order valence-corrected chi connectivity index (χ1v) is 7.46. The molecule has 0 saturated carbocycles. The first-order chi connectivity index (χ1) is 11.9. The second-order valence-corrected chi connectivity index (χ2v) is 5.50. The Morgan fingerprint density at radius 2 is 1.72 bits per heavy atom. The van der Waals surface area contributed by atoms with Crippen LogP contribution in [0.4, 0.5) is 11.4 Å². The molecule has 2 aromatic carbocycles. The van der Waals surface area contributed by atoms with E-state index in [-0.39, 0.29) is 27.0 Å². The van der Waals surface area contributed by atoms with Gasteiger partial charge in [0.25, 0.3) is 5.69 Å². The third-order valence-electron chi connectivity index (χ3n) is 2.83. The third kappa shape index (κ3) is 5.27. The minimum Gasteiger partial charge on any atom is -0.318 e. The van der Waals surface area contributed by atoms with Crippen molar-refractivity contribution in [3.05, 3.63) is 68.2 Å². The van der Waals surface area contributed by atoms with Crippen LogP contribution in [0.15, 0.2) is 47.6 Å². The summed E-state index contributed by atoms with van der Waals surface area (Å²) in [4.78, 5) is 33.7. The number of carbonyl (C=O) groups excluding carboxylic acids is 2. The standard InChI is InChI=1S/C15H10Cl2N4O4/c16-10-5-11(17)7-12(6-10)19-14(22)15(23)20-18-8-9-3-1-2-4-13(9)21(24)25/h1-8H,(H,19,22)(H,20,23)/b18-8-. The molecule has 0 spiro atoms. The topological polar surface area (TPSA) is 114 Å². The van der Waals surface area contributed by atoms with Gasteiger partial charge >= 0.3 is 11.8 Å². The number of anilines is 1. The molecule has 2 rings (SSSR count). The molecule has 10 heteroatoms. The van der Waals surface area contributed by atoms with Gasteiger partial charge in [-0.1, -0.05) is 35.3 Å². The molecule has 0 atom stereocenters. The summed E-state index contributed by atoms with van der Waals surface area (Å²) in [5, 5.41) is 17.3. The lowest BCUT2D eigenvalue weighted by atomic mass is 10.2. The van der Waals surface area contributed by atoms with Crippen LogP contribution in [0.5, 0.6) is 0 Å². The maximum atomic E-state index is 11.8. The molecule has 0 fully saturated rings. The van der Waals surface area contributed by atoms with Gasteiger partial charge in [-0.05, 0) is 24.3 Å². The van der Waals surface area contributed by atoms with E-state index in [1.807, 2.05) is 5.43 Å². The summed E-state index contributed by atoms with van der Waals surface area (Å²) < 4.78 is 0. The van der Waals surface area contributed by atoms with Gasteiger partial charge in [-0.15, -0.1) is 0 Å². The van der Waals surface area contributed by atoms with Crippen molar-refractivity contribution in [1.82, 2.24) is 5.43 Å². The van der Waals surface area contributed by atoms with Crippen molar-refractivity contribution >= 4 is 52.6 Å². The second kappa shape index (κ2) is 8.22. The number of rotatable bonds is 4. The van der Waals surface area contributed by atoms with Gasteiger partial charge in [0.1, 0.15) is 0 Å². The number of benzene rings is 2. The van der Waals surface area contributed by atoms with Gasteiger partial charge in [0, 0.05) is 21.8 Å². The molecule has 2 N–H and O–H groups in total. The van der Waals surface area contributed by atoms with Crippen LogP contribution in [0.2, 0.25) is 10.0 Å². The van der Waals surface area contributed by atoms with Crippen LogP contribution in [-0.2, 0) is 9.59 Å². The highest BCUT2D eigenvalue weighted by Crippen LogP contribution is 2.22. The molecule has 0 aliphatic heterocycles. The van der Waals surface area contributed by atoms with Crippen molar-refractivity contribution in [3.63, 3.8) is 0 Å². The van der Waals surface area contributed by atoms with Crippen molar-refractivity contribution < 1.29 is 14.5 Å². The molecular formula is C15H10Cl2N4O4. The molecule has 0 heterocycles. The highest BCUT2D eigenvalue weighted by Gasteiger charge is 2.14. The minimum atomic E-state index is -1.06. The van der Waals surface area contributed by atoms with Crippen LogP contribution in [0.1, 0.15) is 5.56 Å². The Hall–Kier alpha value is -2.97. The first kappa shape index (κ1) is 18.4. The molecule has 0 bridgehead atoms. The van der Waals surface area contributed by atoms with Crippen LogP contribution in [-0.4, -0.2) is 23.0 Å². The summed E-state index contributed by atoms with van der Waals surface area (Å²) >= 11 is 11.6. The molecule has 25 heavy (non-hydrogen) atoms. The molecule has 0 aromatic heterocycles. The molecule has 0 radical (unpaired) electrons. The Labute approximate surface area is 151 Å². The second-order valence-electron chi connectivity index (χ2n) is 4.63. The SMILES string of the molecule is O=C(N/N=C\c1ccccc1[N+](=O)[O-])C(=O)Nc1cc(Cl)cc(Cl)c1. The fourth-order valence-corrected chi connectivity index (χ4v) is 2.31. The van der Waals surface area contributed by atoms with Crippen LogP contribution in [0.25, 0.3) is 0 Å². The maximum absolute atomic E-state index is 11.8. The van der Waals surface area contributed by atoms with Gasteiger partial charge < -0.3 is 5.32 Å². The predicted molar refractivity (Wildman–Crippen MR) is 93.9 cm³/mol. The maximum Gasteiger partial charge on any atom is 0.329 e. The van der Waals surface area contributed by atoms with Crippen molar-refractivity contribution in [2.75, 3.05) is 5.32 Å². The minimum absolute atomic E-state index is 0.176. The number of nitrogens with zero attached hydrogens (tertiary/aromatic N) is 2. The zero-order chi connectivity index (χ0) is 18.4. The Balaban J connectivity index is 2.00. The number of nitro groups is 1. The Morgan fingerprint density at radius 3 is 2.36 bits per heavy atom. The number of carbonyl (C=O) groups is 2. The van der Waals surface area contributed by atoms with E-state index in [9.17, 15) is 19.7 Å². The number of para-hydroxylation sites is 1. The number of hydrazone groups is 1. The number of nitro benzene ring substituents is 1. The lowest BCUT2D eigenvalue weighted by Gasteiger charge is -2.05. The van der Waals surface area contributed by atoms with E-state index in [0.29, 0.717) is 0 Å². The number of amides is 2. The van der Waals surface area contributed by atoms with E-state index < -0.39 is 16.7 Å². The van der Waals surface area contributed by atoms with Gasteiger partial charge in [-0.2, -0.15) is 5.10 Å². The van der Waals surface area contributed by atoms with Crippen molar-refractivity contribution in [1.29, 1.82) is 0 Å². The van der Waals surface area contributed by atoms with Gasteiger partial charge in [-0.3, -0.25) is 19.7 Å².